The van der Waals surface area contributed by atoms with E-state index in [0.717, 1.165) is 29.2 Å². The van der Waals surface area contributed by atoms with Gasteiger partial charge in [0.05, 0.1) is 6.54 Å². The highest BCUT2D eigenvalue weighted by molar-refractivity contribution is 7.80. The van der Waals surface area contributed by atoms with Crippen LogP contribution < -0.4 is 10.2 Å². The number of para-hydroxylation sites is 1. The van der Waals surface area contributed by atoms with Crippen LogP contribution in [0.25, 0.3) is 0 Å². The average molecular weight is 337 g/mol. The average Bonchev–Trinajstić information content (AvgIpc) is 3.24. The van der Waals surface area contributed by atoms with Crippen molar-refractivity contribution in [3.63, 3.8) is 0 Å². The standard InChI is InChI=1S/C21H24N2S/c24-21(22-20-14-17-11-12-18(20)13-17)23(19-9-5-2-6-10-19)15-16-7-3-1-4-8-16/h1-10,17-18,20H,11-15H2,(H,22,24). The summed E-state index contributed by atoms with van der Waals surface area (Å²) in [6.07, 6.45) is 5.47. The molecule has 0 aliphatic heterocycles. The van der Waals surface area contributed by atoms with Crippen LogP contribution in [0.3, 0.4) is 0 Å². The molecule has 2 aliphatic rings. The van der Waals surface area contributed by atoms with Gasteiger partial charge >= 0.3 is 0 Å². The molecule has 3 atom stereocenters. The van der Waals surface area contributed by atoms with Gasteiger partial charge in [-0.25, -0.2) is 0 Å². The number of benzene rings is 2. The summed E-state index contributed by atoms with van der Waals surface area (Å²) < 4.78 is 0. The normalized spacial score (nSPS) is 24.8. The van der Waals surface area contributed by atoms with E-state index >= 15 is 0 Å². The summed E-state index contributed by atoms with van der Waals surface area (Å²) >= 11 is 5.82. The molecule has 1 N–H and O–H groups in total. The lowest BCUT2D eigenvalue weighted by Gasteiger charge is -2.31. The second-order valence-electron chi connectivity index (χ2n) is 7.14. The molecule has 4 rings (SSSR count). The lowest BCUT2D eigenvalue weighted by molar-refractivity contribution is 0.390. The van der Waals surface area contributed by atoms with Crippen LogP contribution in [0.2, 0.25) is 0 Å². The van der Waals surface area contributed by atoms with Crippen LogP contribution in [-0.2, 0) is 6.54 Å². The van der Waals surface area contributed by atoms with Crippen molar-refractivity contribution in [2.75, 3.05) is 4.90 Å². The van der Waals surface area contributed by atoms with Gasteiger partial charge in [-0.3, -0.25) is 0 Å². The second kappa shape index (κ2) is 6.94. The molecule has 2 fully saturated rings. The smallest absolute Gasteiger partial charge is 0.174 e. The fourth-order valence-electron chi connectivity index (χ4n) is 4.31. The molecule has 2 saturated carbocycles. The van der Waals surface area contributed by atoms with Crippen molar-refractivity contribution < 1.29 is 0 Å². The summed E-state index contributed by atoms with van der Waals surface area (Å²) in [6, 6.07) is 21.6. The molecule has 3 heteroatoms. The van der Waals surface area contributed by atoms with Crippen LogP contribution in [-0.4, -0.2) is 11.2 Å². The van der Waals surface area contributed by atoms with Gasteiger partial charge in [0.25, 0.3) is 0 Å². The van der Waals surface area contributed by atoms with Crippen molar-refractivity contribution in [3.05, 3.63) is 66.2 Å². The van der Waals surface area contributed by atoms with Gasteiger partial charge < -0.3 is 10.2 Å². The molecule has 2 aromatic rings. The number of nitrogens with one attached hydrogen (secondary N) is 1. The first-order valence-electron chi connectivity index (χ1n) is 8.96. The summed E-state index contributed by atoms with van der Waals surface area (Å²) in [5, 5.41) is 4.55. The van der Waals surface area contributed by atoms with Crippen molar-refractivity contribution in [1.82, 2.24) is 5.32 Å². The molecule has 124 valence electrons. The highest BCUT2D eigenvalue weighted by Crippen LogP contribution is 2.44. The van der Waals surface area contributed by atoms with Crippen molar-refractivity contribution in [2.45, 2.75) is 38.3 Å². The first-order chi connectivity index (χ1) is 11.8. The molecule has 2 nitrogen and oxygen atoms in total. The summed E-state index contributed by atoms with van der Waals surface area (Å²) in [7, 11) is 0. The predicted octanol–water partition coefficient (Wildman–Crippen LogP) is 4.76. The van der Waals surface area contributed by atoms with Crippen molar-refractivity contribution in [2.24, 2.45) is 11.8 Å². The van der Waals surface area contributed by atoms with E-state index in [0.29, 0.717) is 6.04 Å². The molecular formula is C21H24N2S. The third-order valence-corrected chi connectivity index (χ3v) is 5.88. The van der Waals surface area contributed by atoms with Crippen LogP contribution in [0, 0.1) is 11.8 Å². The third kappa shape index (κ3) is 3.32. The van der Waals surface area contributed by atoms with Crippen LogP contribution in [0.1, 0.15) is 31.2 Å². The predicted molar refractivity (Wildman–Crippen MR) is 104 cm³/mol. The maximum atomic E-state index is 5.82. The van der Waals surface area contributed by atoms with Gasteiger partial charge in [-0.1, -0.05) is 55.0 Å². The molecule has 2 aromatic carbocycles. The third-order valence-electron chi connectivity index (χ3n) is 5.54. The van der Waals surface area contributed by atoms with Gasteiger partial charge in [0, 0.05) is 11.7 Å². The summed E-state index contributed by atoms with van der Waals surface area (Å²) in [5.41, 5.74) is 2.43. The Bertz CT molecular complexity index is 685. The van der Waals surface area contributed by atoms with E-state index in [2.05, 4.69) is 70.9 Å². The summed E-state index contributed by atoms with van der Waals surface area (Å²) in [6.45, 7) is 0.803. The van der Waals surface area contributed by atoms with Crippen molar-refractivity contribution >= 4 is 23.0 Å². The molecule has 24 heavy (non-hydrogen) atoms. The van der Waals surface area contributed by atoms with E-state index < -0.39 is 0 Å². The van der Waals surface area contributed by atoms with E-state index in [1.807, 2.05) is 0 Å². The number of anilines is 1. The number of thiocarbonyl (C=S) groups is 1. The fraction of sp³-hybridized carbons (Fsp3) is 0.381. The molecule has 2 bridgehead atoms. The Morgan fingerprint density at radius 2 is 1.67 bits per heavy atom. The quantitative estimate of drug-likeness (QED) is 0.811. The second-order valence-corrected chi connectivity index (χ2v) is 7.52. The zero-order valence-electron chi connectivity index (χ0n) is 13.9. The molecule has 0 heterocycles. The van der Waals surface area contributed by atoms with Gasteiger partial charge in [-0.15, -0.1) is 0 Å². The van der Waals surface area contributed by atoms with Crippen LogP contribution >= 0.6 is 12.2 Å². The zero-order valence-corrected chi connectivity index (χ0v) is 14.7. The molecule has 0 saturated heterocycles. The van der Waals surface area contributed by atoms with Crippen LogP contribution in [0.15, 0.2) is 60.7 Å². The Labute approximate surface area is 149 Å². The number of nitrogens with zero attached hydrogens (tertiary/aromatic N) is 1. The van der Waals surface area contributed by atoms with E-state index in [9.17, 15) is 0 Å². The molecule has 0 aromatic heterocycles. The minimum atomic E-state index is 0.568. The number of hydrogen-bond donors (Lipinski definition) is 1. The maximum Gasteiger partial charge on any atom is 0.174 e. The Hall–Kier alpha value is -1.87. The van der Waals surface area contributed by atoms with Crippen LogP contribution in [0.5, 0.6) is 0 Å². The highest BCUT2D eigenvalue weighted by Gasteiger charge is 2.40. The Kier molecular flexibility index (Phi) is 4.52. The topological polar surface area (TPSA) is 15.3 Å². The largest absolute Gasteiger partial charge is 0.359 e. The lowest BCUT2D eigenvalue weighted by atomic mass is 9.95. The van der Waals surface area contributed by atoms with Gasteiger partial charge in [-0.2, -0.15) is 0 Å². The minimum Gasteiger partial charge on any atom is -0.359 e. The molecule has 3 unspecified atom stereocenters. The van der Waals surface area contributed by atoms with E-state index in [4.69, 9.17) is 12.2 Å². The molecule has 0 radical (unpaired) electrons. The van der Waals surface area contributed by atoms with Crippen LogP contribution in [0.4, 0.5) is 5.69 Å². The zero-order chi connectivity index (χ0) is 16.4. The monoisotopic (exact) mass is 336 g/mol. The number of rotatable bonds is 4. The van der Waals surface area contributed by atoms with E-state index in [1.165, 1.54) is 31.2 Å². The first-order valence-corrected chi connectivity index (χ1v) is 9.37. The Morgan fingerprint density at radius 1 is 0.958 bits per heavy atom. The van der Waals surface area contributed by atoms with E-state index in [1.54, 1.807) is 0 Å². The number of hydrogen-bond acceptors (Lipinski definition) is 1. The molecular weight excluding hydrogens is 312 g/mol. The maximum absolute atomic E-state index is 5.82. The van der Waals surface area contributed by atoms with Gasteiger partial charge in [0.2, 0.25) is 0 Å². The molecule has 2 aliphatic carbocycles. The number of fused-ring (bicyclic) bond motifs is 2. The SMILES string of the molecule is S=C(NC1CC2CCC1C2)N(Cc1ccccc1)c1ccccc1. The Morgan fingerprint density at radius 3 is 2.29 bits per heavy atom. The van der Waals surface area contributed by atoms with Gasteiger partial charge in [0.15, 0.2) is 5.11 Å². The highest BCUT2D eigenvalue weighted by atomic mass is 32.1. The van der Waals surface area contributed by atoms with Gasteiger partial charge in [-0.05, 0) is 61.0 Å². The lowest BCUT2D eigenvalue weighted by Crippen LogP contribution is -2.46. The van der Waals surface area contributed by atoms with Crippen molar-refractivity contribution in [3.8, 4) is 0 Å². The van der Waals surface area contributed by atoms with Gasteiger partial charge in [0.1, 0.15) is 0 Å². The summed E-state index contributed by atoms with van der Waals surface area (Å²) in [5.74, 6) is 1.75. The molecule has 0 amide bonds. The Balaban J connectivity index is 1.52. The fourth-order valence-corrected chi connectivity index (χ4v) is 4.63. The van der Waals surface area contributed by atoms with E-state index in [-0.39, 0.29) is 0 Å². The van der Waals surface area contributed by atoms with Crippen molar-refractivity contribution in [1.29, 1.82) is 0 Å². The summed E-state index contributed by atoms with van der Waals surface area (Å²) in [4.78, 5) is 2.23. The molecule has 0 spiro atoms. The first kappa shape index (κ1) is 15.6. The minimum absolute atomic E-state index is 0.568.